The zero-order valence-electron chi connectivity index (χ0n) is 15.7. The Kier molecular flexibility index (Phi) is 6.37. The number of halogens is 5. The summed E-state index contributed by atoms with van der Waals surface area (Å²) in [5.74, 6) is -2.74. The van der Waals surface area contributed by atoms with Crippen molar-refractivity contribution < 1.29 is 31.5 Å². The van der Waals surface area contributed by atoms with Gasteiger partial charge >= 0.3 is 6.18 Å². The Hall–Kier alpha value is -2.98. The van der Waals surface area contributed by atoms with Crippen LogP contribution in [-0.4, -0.2) is 52.7 Å². The van der Waals surface area contributed by atoms with Crippen LogP contribution >= 0.6 is 0 Å². The molecule has 2 N–H and O–H groups in total. The molecule has 1 aromatic heterocycles. The van der Waals surface area contributed by atoms with Crippen LogP contribution in [0.1, 0.15) is 40.5 Å². The van der Waals surface area contributed by atoms with E-state index in [1.165, 1.54) is 12.1 Å². The number of carbonyl (C=O) groups excluding carboxylic acids is 2. The molecule has 1 aliphatic rings. The maximum atomic E-state index is 13.7. The van der Waals surface area contributed by atoms with Crippen LogP contribution in [0.25, 0.3) is 0 Å². The van der Waals surface area contributed by atoms with Crippen molar-refractivity contribution in [2.24, 2.45) is 0 Å². The highest BCUT2D eigenvalue weighted by Crippen LogP contribution is 2.27. The van der Waals surface area contributed by atoms with Gasteiger partial charge in [0.2, 0.25) is 5.91 Å². The van der Waals surface area contributed by atoms with Crippen LogP contribution < -0.4 is 5.32 Å². The average Bonchev–Trinajstić information content (AvgIpc) is 3.18. The highest BCUT2D eigenvalue weighted by molar-refractivity contribution is 5.92. The number of H-pyrrole nitrogens is 1. The summed E-state index contributed by atoms with van der Waals surface area (Å²) >= 11 is 0. The standard InChI is InChI=1S/C19H19F5N4O2/c20-13-2-1-12(14(21)8-13)7-17(29)28-5-3-11(4-6-28)15-9-16(27-26-15)18(30)25-10-19(22,23)24/h1-2,8-9,11H,3-7,10H2,(H,25,30)(H,26,27). The molecule has 2 amide bonds. The zero-order valence-corrected chi connectivity index (χ0v) is 15.7. The summed E-state index contributed by atoms with van der Waals surface area (Å²) in [7, 11) is 0. The molecule has 30 heavy (non-hydrogen) atoms. The number of nitrogens with one attached hydrogen (secondary N) is 2. The van der Waals surface area contributed by atoms with Gasteiger partial charge in [0.05, 0.1) is 6.42 Å². The monoisotopic (exact) mass is 430 g/mol. The van der Waals surface area contributed by atoms with Gasteiger partial charge in [0, 0.05) is 30.8 Å². The Balaban J connectivity index is 1.52. The minimum Gasteiger partial charge on any atom is -0.342 e. The molecule has 1 saturated heterocycles. The molecule has 162 valence electrons. The van der Waals surface area contributed by atoms with Crippen molar-refractivity contribution in [3.63, 3.8) is 0 Å². The highest BCUT2D eigenvalue weighted by atomic mass is 19.4. The average molecular weight is 430 g/mol. The number of piperidine rings is 1. The smallest absolute Gasteiger partial charge is 0.342 e. The van der Waals surface area contributed by atoms with Gasteiger partial charge in [-0.05, 0) is 30.5 Å². The largest absolute Gasteiger partial charge is 0.405 e. The number of hydrogen-bond donors (Lipinski definition) is 2. The van der Waals surface area contributed by atoms with Gasteiger partial charge in [0.1, 0.15) is 23.9 Å². The topological polar surface area (TPSA) is 78.1 Å². The van der Waals surface area contributed by atoms with Crippen LogP contribution in [0.5, 0.6) is 0 Å². The number of amides is 2. The summed E-state index contributed by atoms with van der Waals surface area (Å²) in [4.78, 5) is 25.7. The third-order valence-electron chi connectivity index (χ3n) is 4.92. The van der Waals surface area contributed by atoms with Crippen LogP contribution in [0.15, 0.2) is 24.3 Å². The zero-order chi connectivity index (χ0) is 21.9. The number of aromatic amines is 1. The Morgan fingerprint density at radius 1 is 1.17 bits per heavy atom. The number of likely N-dealkylation sites (tertiary alicyclic amines) is 1. The molecule has 0 saturated carbocycles. The van der Waals surface area contributed by atoms with Gasteiger partial charge in [-0.2, -0.15) is 18.3 Å². The van der Waals surface area contributed by atoms with Crippen molar-refractivity contribution in [2.45, 2.75) is 31.4 Å². The first-order chi connectivity index (χ1) is 14.1. The third kappa shape index (κ3) is 5.55. The Labute approximate surface area is 168 Å². The molecule has 0 radical (unpaired) electrons. The quantitative estimate of drug-likeness (QED) is 0.717. The number of benzene rings is 1. The van der Waals surface area contributed by atoms with Crippen LogP contribution in [0.3, 0.4) is 0 Å². The molecule has 0 bridgehead atoms. The molecule has 1 aromatic carbocycles. The lowest BCUT2D eigenvalue weighted by Crippen LogP contribution is -2.39. The lowest BCUT2D eigenvalue weighted by molar-refractivity contribution is -0.131. The Bertz CT molecular complexity index is 920. The molecule has 3 rings (SSSR count). The van der Waals surface area contributed by atoms with Crippen molar-refractivity contribution in [2.75, 3.05) is 19.6 Å². The van der Waals surface area contributed by atoms with Gasteiger partial charge in [-0.3, -0.25) is 14.7 Å². The van der Waals surface area contributed by atoms with Gasteiger partial charge < -0.3 is 10.2 Å². The summed E-state index contributed by atoms with van der Waals surface area (Å²) in [5.41, 5.74) is 0.579. The van der Waals surface area contributed by atoms with E-state index in [4.69, 9.17) is 0 Å². The van der Waals surface area contributed by atoms with Crippen molar-refractivity contribution in [1.29, 1.82) is 0 Å². The maximum absolute atomic E-state index is 13.7. The molecule has 0 atom stereocenters. The second kappa shape index (κ2) is 8.80. The molecule has 2 heterocycles. The fourth-order valence-electron chi connectivity index (χ4n) is 3.31. The first-order valence-electron chi connectivity index (χ1n) is 9.24. The molecule has 0 aliphatic carbocycles. The Morgan fingerprint density at radius 2 is 1.87 bits per heavy atom. The summed E-state index contributed by atoms with van der Waals surface area (Å²) < 4.78 is 63.3. The number of hydrogen-bond acceptors (Lipinski definition) is 3. The van der Waals surface area contributed by atoms with E-state index in [-0.39, 0.29) is 29.5 Å². The van der Waals surface area contributed by atoms with Gasteiger partial charge in [-0.25, -0.2) is 8.78 Å². The number of aromatic nitrogens is 2. The van der Waals surface area contributed by atoms with E-state index in [2.05, 4.69) is 10.2 Å². The summed E-state index contributed by atoms with van der Waals surface area (Å²) in [6.45, 7) is -0.662. The number of nitrogens with zero attached hydrogens (tertiary/aromatic N) is 2. The van der Waals surface area contributed by atoms with Crippen LogP contribution in [-0.2, 0) is 11.2 Å². The van der Waals surface area contributed by atoms with Crippen LogP contribution in [0.2, 0.25) is 0 Å². The summed E-state index contributed by atoms with van der Waals surface area (Å²) in [6, 6.07) is 4.47. The first-order valence-corrected chi connectivity index (χ1v) is 9.24. The lowest BCUT2D eigenvalue weighted by atomic mass is 9.93. The fraction of sp³-hybridized carbons (Fsp3) is 0.421. The SMILES string of the molecule is O=C(NCC(F)(F)F)c1cc(C2CCN(C(=O)Cc3ccc(F)cc3F)CC2)[nH]n1. The maximum Gasteiger partial charge on any atom is 0.405 e. The molecule has 0 spiro atoms. The second-order valence-electron chi connectivity index (χ2n) is 7.07. The van der Waals surface area contributed by atoms with Gasteiger partial charge in [-0.15, -0.1) is 0 Å². The molecule has 1 aliphatic heterocycles. The van der Waals surface area contributed by atoms with Crippen LogP contribution in [0.4, 0.5) is 22.0 Å². The van der Waals surface area contributed by atoms with E-state index in [1.54, 1.807) is 10.2 Å². The predicted octanol–water partition coefficient (Wildman–Crippen LogP) is 2.93. The van der Waals surface area contributed by atoms with E-state index in [0.717, 1.165) is 12.1 Å². The third-order valence-corrected chi connectivity index (χ3v) is 4.92. The van der Waals surface area contributed by atoms with Crippen molar-refractivity contribution in [3.8, 4) is 0 Å². The summed E-state index contributed by atoms with van der Waals surface area (Å²) in [6.07, 6.45) is -3.59. The molecular weight excluding hydrogens is 411 g/mol. The van der Waals surface area contributed by atoms with E-state index < -0.39 is 30.3 Å². The molecule has 0 unspecified atom stereocenters. The number of carbonyl (C=O) groups is 2. The van der Waals surface area contributed by atoms with Crippen molar-refractivity contribution in [1.82, 2.24) is 20.4 Å². The van der Waals surface area contributed by atoms with E-state index >= 15 is 0 Å². The minimum absolute atomic E-state index is 0.0479. The molecule has 1 fully saturated rings. The minimum atomic E-state index is -4.51. The van der Waals surface area contributed by atoms with E-state index in [1.807, 2.05) is 0 Å². The first kappa shape index (κ1) is 21.7. The normalized spacial score (nSPS) is 15.3. The number of rotatable bonds is 5. The predicted molar refractivity (Wildman–Crippen MR) is 95.6 cm³/mol. The van der Waals surface area contributed by atoms with Crippen molar-refractivity contribution >= 4 is 11.8 Å². The summed E-state index contributed by atoms with van der Waals surface area (Å²) in [5, 5.41) is 8.19. The molecule has 6 nitrogen and oxygen atoms in total. The highest BCUT2D eigenvalue weighted by Gasteiger charge is 2.29. The Morgan fingerprint density at radius 3 is 2.50 bits per heavy atom. The van der Waals surface area contributed by atoms with Gasteiger partial charge in [0.15, 0.2) is 0 Å². The fourth-order valence-corrected chi connectivity index (χ4v) is 3.31. The molecule has 2 aromatic rings. The molecule has 11 heteroatoms. The van der Waals surface area contributed by atoms with Gasteiger partial charge in [-0.1, -0.05) is 6.07 Å². The van der Waals surface area contributed by atoms with E-state index in [9.17, 15) is 31.5 Å². The van der Waals surface area contributed by atoms with Crippen molar-refractivity contribution in [3.05, 3.63) is 52.9 Å². The number of alkyl halides is 3. The lowest BCUT2D eigenvalue weighted by Gasteiger charge is -2.31. The van der Waals surface area contributed by atoms with E-state index in [0.29, 0.717) is 31.6 Å². The van der Waals surface area contributed by atoms with Crippen LogP contribution in [0, 0.1) is 11.6 Å². The second-order valence-corrected chi connectivity index (χ2v) is 7.07. The molecular formula is C19H19F5N4O2. The van der Waals surface area contributed by atoms with Gasteiger partial charge in [0.25, 0.3) is 5.91 Å².